The zero-order valence-electron chi connectivity index (χ0n) is 12.6. The molecule has 3 rings (SSSR count). The number of phenolic OH excluding ortho intramolecular Hbond substituents is 1. The summed E-state index contributed by atoms with van der Waals surface area (Å²) in [5, 5.41) is 10.2. The van der Waals surface area contributed by atoms with Crippen LogP contribution in [0.5, 0.6) is 11.5 Å². The van der Waals surface area contributed by atoms with Crippen LogP contribution in [-0.4, -0.2) is 33.6 Å². The Morgan fingerprint density at radius 3 is 3.04 bits per heavy atom. The Balaban J connectivity index is 1.83. The smallest absolute Gasteiger partial charge is 0.257 e. The predicted octanol–water partition coefficient (Wildman–Crippen LogP) is 1.28. The van der Waals surface area contributed by atoms with Crippen LogP contribution < -0.4 is 16.0 Å². The highest BCUT2D eigenvalue weighted by molar-refractivity contribution is 6.33. The Morgan fingerprint density at radius 1 is 1.52 bits per heavy atom. The molecule has 2 aromatic rings. The van der Waals surface area contributed by atoms with Crippen molar-refractivity contribution in [2.45, 2.75) is 19.5 Å². The van der Waals surface area contributed by atoms with Gasteiger partial charge in [0, 0.05) is 26.1 Å². The number of anilines is 1. The van der Waals surface area contributed by atoms with Crippen molar-refractivity contribution >= 4 is 17.5 Å². The molecule has 7 nitrogen and oxygen atoms in total. The minimum absolute atomic E-state index is 0.0728. The summed E-state index contributed by atoms with van der Waals surface area (Å²) in [4.78, 5) is 20.8. The van der Waals surface area contributed by atoms with Crippen LogP contribution in [0.1, 0.15) is 16.8 Å². The van der Waals surface area contributed by atoms with E-state index in [-0.39, 0.29) is 22.3 Å². The maximum Gasteiger partial charge on any atom is 0.257 e. The average molecular weight is 337 g/mol. The molecule has 1 aliphatic rings. The first-order chi connectivity index (χ1) is 11.0. The molecule has 0 fully saturated rings. The molecule has 1 aromatic heterocycles. The summed E-state index contributed by atoms with van der Waals surface area (Å²) < 4.78 is 5.03. The van der Waals surface area contributed by atoms with E-state index in [1.807, 2.05) is 6.07 Å². The number of nitrogen functional groups attached to an aromatic ring is 1. The number of phenols is 1. The maximum atomic E-state index is 12.0. The molecule has 1 aromatic carbocycles. The van der Waals surface area contributed by atoms with E-state index in [0.29, 0.717) is 30.8 Å². The van der Waals surface area contributed by atoms with E-state index in [1.165, 1.54) is 7.11 Å². The quantitative estimate of drug-likeness (QED) is 0.780. The number of H-pyrrole nitrogens is 1. The normalized spacial score (nSPS) is 14.5. The summed E-state index contributed by atoms with van der Waals surface area (Å²) in [6.07, 6.45) is 0.642. The highest BCUT2D eigenvalue weighted by Gasteiger charge is 2.22. The molecule has 0 saturated carbocycles. The van der Waals surface area contributed by atoms with Gasteiger partial charge >= 0.3 is 0 Å². The van der Waals surface area contributed by atoms with Gasteiger partial charge in [0.15, 0.2) is 11.5 Å². The number of benzene rings is 1. The van der Waals surface area contributed by atoms with Crippen LogP contribution in [0.4, 0.5) is 5.95 Å². The van der Waals surface area contributed by atoms with Crippen LogP contribution in [-0.2, 0) is 19.5 Å². The van der Waals surface area contributed by atoms with Crippen molar-refractivity contribution in [3.05, 3.63) is 44.3 Å². The van der Waals surface area contributed by atoms with Gasteiger partial charge in [-0.1, -0.05) is 17.7 Å². The molecule has 2 heterocycles. The average Bonchev–Trinajstić information content (AvgIpc) is 2.52. The van der Waals surface area contributed by atoms with Crippen LogP contribution in [0.25, 0.3) is 0 Å². The Bertz CT molecular complexity index is 806. The monoisotopic (exact) mass is 336 g/mol. The molecule has 0 atom stereocenters. The summed E-state index contributed by atoms with van der Waals surface area (Å²) in [6.45, 7) is 1.70. The molecule has 0 aliphatic carbocycles. The van der Waals surface area contributed by atoms with Gasteiger partial charge in [0.05, 0.1) is 23.4 Å². The summed E-state index contributed by atoms with van der Waals surface area (Å²) >= 11 is 6.20. The lowest BCUT2D eigenvalue weighted by Crippen LogP contribution is -2.35. The van der Waals surface area contributed by atoms with Crippen LogP contribution in [0, 0.1) is 0 Å². The van der Waals surface area contributed by atoms with Crippen LogP contribution in [0.3, 0.4) is 0 Å². The molecule has 0 unspecified atom stereocenters. The van der Waals surface area contributed by atoms with Crippen LogP contribution >= 0.6 is 11.6 Å². The molecular formula is C15H17ClN4O3. The predicted molar refractivity (Wildman–Crippen MR) is 86.8 cm³/mol. The molecule has 122 valence electrons. The molecule has 0 amide bonds. The molecule has 0 spiro atoms. The minimum Gasteiger partial charge on any atom is -0.503 e. The van der Waals surface area contributed by atoms with Gasteiger partial charge in [-0.25, -0.2) is 4.98 Å². The Hall–Kier alpha value is -2.25. The first-order valence-corrected chi connectivity index (χ1v) is 7.51. The van der Waals surface area contributed by atoms with Crippen molar-refractivity contribution in [1.82, 2.24) is 14.9 Å². The first kappa shape index (κ1) is 15.6. The highest BCUT2D eigenvalue weighted by Crippen LogP contribution is 2.37. The number of methoxy groups -OCH3 is 1. The lowest BCUT2D eigenvalue weighted by atomic mass is 10.1. The number of halogens is 1. The van der Waals surface area contributed by atoms with Crippen molar-refractivity contribution in [2.75, 3.05) is 19.4 Å². The van der Waals surface area contributed by atoms with Gasteiger partial charge < -0.3 is 15.6 Å². The third-order valence-electron chi connectivity index (χ3n) is 3.94. The fourth-order valence-electron chi connectivity index (χ4n) is 2.75. The Labute approximate surface area is 137 Å². The largest absolute Gasteiger partial charge is 0.503 e. The van der Waals surface area contributed by atoms with Gasteiger partial charge in [0.2, 0.25) is 5.95 Å². The molecule has 8 heteroatoms. The second-order valence-corrected chi connectivity index (χ2v) is 5.80. The third kappa shape index (κ3) is 2.97. The van der Waals surface area contributed by atoms with E-state index in [9.17, 15) is 9.90 Å². The zero-order valence-corrected chi connectivity index (χ0v) is 13.4. The van der Waals surface area contributed by atoms with Gasteiger partial charge in [-0.15, -0.1) is 0 Å². The number of aromatic hydroxyl groups is 1. The molecule has 1 aliphatic heterocycles. The van der Waals surface area contributed by atoms with Crippen LogP contribution in [0.2, 0.25) is 5.02 Å². The van der Waals surface area contributed by atoms with Crippen molar-refractivity contribution in [3.8, 4) is 11.5 Å². The van der Waals surface area contributed by atoms with Gasteiger partial charge in [-0.05, 0) is 11.6 Å². The number of ether oxygens (including phenoxy) is 1. The number of rotatable bonds is 3. The number of fused-ring (bicyclic) bond motifs is 1. The minimum atomic E-state index is -0.208. The SMILES string of the molecule is COc1ccc(CN2CCc3nc(N)[nH]c(=O)c3C2)c(Cl)c1O. The number of nitrogens with two attached hydrogens (primary N) is 1. The van der Waals surface area contributed by atoms with Crippen molar-refractivity contribution in [2.24, 2.45) is 0 Å². The second kappa shape index (κ2) is 6.10. The van der Waals surface area contributed by atoms with Gasteiger partial charge in [0.25, 0.3) is 5.56 Å². The third-order valence-corrected chi connectivity index (χ3v) is 4.36. The number of hydrogen-bond acceptors (Lipinski definition) is 6. The van der Waals surface area contributed by atoms with E-state index in [1.54, 1.807) is 6.07 Å². The van der Waals surface area contributed by atoms with Gasteiger partial charge in [-0.3, -0.25) is 14.7 Å². The fourth-order valence-corrected chi connectivity index (χ4v) is 2.97. The van der Waals surface area contributed by atoms with E-state index < -0.39 is 0 Å². The number of aromatic nitrogens is 2. The summed E-state index contributed by atoms with van der Waals surface area (Å²) in [6, 6.07) is 3.48. The molecular weight excluding hydrogens is 320 g/mol. The second-order valence-electron chi connectivity index (χ2n) is 5.43. The van der Waals surface area contributed by atoms with E-state index in [0.717, 1.165) is 17.8 Å². The van der Waals surface area contributed by atoms with Crippen molar-refractivity contribution in [3.63, 3.8) is 0 Å². The number of nitrogens with zero attached hydrogens (tertiary/aromatic N) is 2. The Morgan fingerprint density at radius 2 is 2.30 bits per heavy atom. The zero-order chi connectivity index (χ0) is 16.6. The Kier molecular flexibility index (Phi) is 4.14. The molecule has 0 saturated heterocycles. The summed E-state index contributed by atoms with van der Waals surface area (Å²) in [7, 11) is 1.47. The molecule has 0 bridgehead atoms. The number of hydrogen-bond donors (Lipinski definition) is 3. The van der Waals surface area contributed by atoms with Gasteiger partial charge in [-0.2, -0.15) is 0 Å². The van der Waals surface area contributed by atoms with Crippen LogP contribution in [0.15, 0.2) is 16.9 Å². The molecule has 23 heavy (non-hydrogen) atoms. The van der Waals surface area contributed by atoms with Crippen molar-refractivity contribution in [1.29, 1.82) is 0 Å². The molecule has 0 radical (unpaired) electrons. The van der Waals surface area contributed by atoms with E-state index in [4.69, 9.17) is 22.1 Å². The van der Waals surface area contributed by atoms with E-state index in [2.05, 4.69) is 14.9 Å². The topological polar surface area (TPSA) is 104 Å². The highest BCUT2D eigenvalue weighted by atomic mass is 35.5. The number of nitrogens with one attached hydrogen (secondary N) is 1. The summed E-state index contributed by atoms with van der Waals surface area (Å²) in [5.41, 5.74) is 7.50. The summed E-state index contributed by atoms with van der Waals surface area (Å²) in [5.74, 6) is 0.403. The lowest BCUT2D eigenvalue weighted by molar-refractivity contribution is 0.241. The first-order valence-electron chi connectivity index (χ1n) is 7.14. The van der Waals surface area contributed by atoms with Gasteiger partial charge in [0.1, 0.15) is 0 Å². The standard InChI is InChI=1S/C15H17ClN4O3/c1-23-11-3-2-8(12(16)13(11)21)6-20-5-4-10-9(7-20)14(22)19-15(17)18-10/h2-3,21H,4-7H2,1H3,(H3,17,18,19,22). The lowest BCUT2D eigenvalue weighted by Gasteiger charge is -2.28. The fraction of sp³-hybridized carbons (Fsp3) is 0.333. The van der Waals surface area contributed by atoms with E-state index >= 15 is 0 Å². The molecule has 4 N–H and O–H groups in total. The van der Waals surface area contributed by atoms with Crippen molar-refractivity contribution < 1.29 is 9.84 Å². The number of aromatic amines is 1. The maximum absolute atomic E-state index is 12.0.